The van der Waals surface area contributed by atoms with E-state index in [0.29, 0.717) is 33.7 Å². The van der Waals surface area contributed by atoms with Crippen molar-refractivity contribution >= 4 is 52.0 Å². The predicted octanol–water partition coefficient (Wildman–Crippen LogP) is 4.55. The lowest BCUT2D eigenvalue weighted by Crippen LogP contribution is -2.43. The van der Waals surface area contributed by atoms with Gasteiger partial charge in [0.25, 0.3) is 5.91 Å². The van der Waals surface area contributed by atoms with Gasteiger partial charge in [0.1, 0.15) is 0 Å². The van der Waals surface area contributed by atoms with Gasteiger partial charge >= 0.3 is 0 Å². The molecule has 2 heterocycles. The van der Waals surface area contributed by atoms with Crippen LogP contribution in [-0.4, -0.2) is 29.8 Å². The summed E-state index contributed by atoms with van der Waals surface area (Å²) < 4.78 is 0. The molecule has 0 saturated carbocycles. The summed E-state index contributed by atoms with van der Waals surface area (Å²) in [6.07, 6.45) is 1.56. The van der Waals surface area contributed by atoms with Gasteiger partial charge in [-0.25, -0.2) is 0 Å². The molecule has 1 aromatic heterocycles. The number of rotatable bonds is 3. The number of carbonyl (C=O) groups excluding carboxylic acids is 2. The molecule has 0 spiro atoms. The average molecular weight is 383 g/mol. The van der Waals surface area contributed by atoms with Crippen molar-refractivity contribution in [1.29, 1.82) is 0 Å². The number of hydrogen-bond donors (Lipinski definition) is 1. The van der Waals surface area contributed by atoms with Gasteiger partial charge < -0.3 is 10.2 Å². The molecule has 1 N–H and O–H groups in total. The maximum atomic E-state index is 12.5. The molecule has 7 heteroatoms. The first-order valence-electron chi connectivity index (χ1n) is 7.63. The molecule has 4 nitrogen and oxygen atoms in total. The van der Waals surface area contributed by atoms with Crippen molar-refractivity contribution in [1.82, 2.24) is 4.90 Å². The first-order chi connectivity index (χ1) is 11.5. The number of benzene rings is 1. The molecule has 1 aliphatic heterocycles. The van der Waals surface area contributed by atoms with Crippen LogP contribution < -0.4 is 5.32 Å². The number of piperidine rings is 1. The van der Waals surface area contributed by atoms with Crippen molar-refractivity contribution in [2.24, 2.45) is 5.92 Å². The lowest BCUT2D eigenvalue weighted by Gasteiger charge is -2.31. The summed E-state index contributed by atoms with van der Waals surface area (Å²) >= 11 is 13.4. The average Bonchev–Trinajstić information content (AvgIpc) is 3.11. The zero-order chi connectivity index (χ0) is 17.1. The molecule has 3 rings (SSSR count). The van der Waals surface area contributed by atoms with Gasteiger partial charge in [0.05, 0.1) is 21.5 Å². The topological polar surface area (TPSA) is 49.4 Å². The maximum Gasteiger partial charge on any atom is 0.263 e. The Morgan fingerprint density at radius 1 is 1.25 bits per heavy atom. The summed E-state index contributed by atoms with van der Waals surface area (Å²) in [7, 11) is 0. The van der Waals surface area contributed by atoms with Crippen molar-refractivity contribution in [2.75, 3.05) is 18.4 Å². The molecular formula is C17H16Cl2N2O2S. The number of carbonyl (C=O) groups is 2. The smallest absolute Gasteiger partial charge is 0.263 e. The normalized spacial score (nSPS) is 17.6. The van der Waals surface area contributed by atoms with E-state index in [4.69, 9.17) is 23.2 Å². The van der Waals surface area contributed by atoms with Crippen LogP contribution in [0.2, 0.25) is 10.0 Å². The summed E-state index contributed by atoms with van der Waals surface area (Å²) in [5.74, 6) is -0.371. The van der Waals surface area contributed by atoms with E-state index in [1.807, 2.05) is 17.5 Å². The number of hydrogen-bond acceptors (Lipinski definition) is 3. The number of halogens is 2. The zero-order valence-corrected chi connectivity index (χ0v) is 15.1. The van der Waals surface area contributed by atoms with Crippen molar-refractivity contribution < 1.29 is 9.59 Å². The summed E-state index contributed by atoms with van der Waals surface area (Å²) in [5, 5.41) is 5.63. The predicted molar refractivity (Wildman–Crippen MR) is 98.0 cm³/mol. The molecule has 1 atom stereocenters. The van der Waals surface area contributed by atoms with Crippen LogP contribution in [0.25, 0.3) is 0 Å². The van der Waals surface area contributed by atoms with E-state index in [9.17, 15) is 9.59 Å². The monoisotopic (exact) mass is 382 g/mol. The number of nitrogens with one attached hydrogen (secondary N) is 1. The highest BCUT2D eigenvalue weighted by atomic mass is 35.5. The molecule has 1 unspecified atom stereocenters. The van der Waals surface area contributed by atoms with E-state index in [-0.39, 0.29) is 17.7 Å². The fourth-order valence-electron chi connectivity index (χ4n) is 2.76. The molecule has 24 heavy (non-hydrogen) atoms. The van der Waals surface area contributed by atoms with E-state index in [1.54, 1.807) is 23.1 Å². The SMILES string of the molecule is O=C(Nc1ccc(Cl)cc1Cl)C1CCCN(C(=O)c2cccs2)C1. The molecule has 0 radical (unpaired) electrons. The number of nitrogens with zero attached hydrogens (tertiary/aromatic N) is 1. The van der Waals surface area contributed by atoms with Gasteiger partial charge in [-0.15, -0.1) is 11.3 Å². The molecule has 0 aliphatic carbocycles. The Hall–Kier alpha value is -1.56. The third kappa shape index (κ3) is 3.91. The minimum absolute atomic E-state index is 0.00738. The van der Waals surface area contributed by atoms with Crippen LogP contribution in [0, 0.1) is 5.92 Å². The minimum atomic E-state index is -0.241. The van der Waals surface area contributed by atoms with Crippen LogP contribution >= 0.6 is 34.5 Å². The van der Waals surface area contributed by atoms with Gasteiger partial charge in [-0.05, 0) is 42.5 Å². The van der Waals surface area contributed by atoms with Crippen LogP contribution in [0.3, 0.4) is 0 Å². The highest BCUT2D eigenvalue weighted by molar-refractivity contribution is 7.12. The van der Waals surface area contributed by atoms with Crippen LogP contribution in [0.5, 0.6) is 0 Å². The molecule has 126 valence electrons. The second-order valence-corrected chi connectivity index (χ2v) is 7.47. The third-order valence-corrected chi connectivity index (χ3v) is 5.41. The summed E-state index contributed by atoms with van der Waals surface area (Å²) in [6.45, 7) is 1.11. The number of likely N-dealkylation sites (tertiary alicyclic amines) is 1. The summed E-state index contributed by atoms with van der Waals surface area (Å²) in [4.78, 5) is 27.4. The Morgan fingerprint density at radius 3 is 2.79 bits per heavy atom. The zero-order valence-electron chi connectivity index (χ0n) is 12.8. The quantitative estimate of drug-likeness (QED) is 0.846. The molecule has 0 bridgehead atoms. The van der Waals surface area contributed by atoms with E-state index < -0.39 is 0 Å². The Kier molecular flexibility index (Phi) is 5.43. The van der Waals surface area contributed by atoms with E-state index in [0.717, 1.165) is 12.8 Å². The van der Waals surface area contributed by atoms with Gasteiger partial charge in [-0.1, -0.05) is 29.3 Å². The second kappa shape index (κ2) is 7.55. The first-order valence-corrected chi connectivity index (χ1v) is 9.27. The van der Waals surface area contributed by atoms with Crippen molar-refractivity contribution in [3.63, 3.8) is 0 Å². The Morgan fingerprint density at radius 2 is 2.08 bits per heavy atom. The van der Waals surface area contributed by atoms with Gasteiger partial charge in [0.15, 0.2) is 0 Å². The van der Waals surface area contributed by atoms with Gasteiger partial charge in [-0.3, -0.25) is 9.59 Å². The number of amides is 2. The first kappa shape index (κ1) is 17.3. The lowest BCUT2D eigenvalue weighted by molar-refractivity contribution is -0.121. The van der Waals surface area contributed by atoms with E-state index in [1.165, 1.54) is 11.3 Å². The number of thiophene rings is 1. The Balaban J connectivity index is 1.65. The molecule has 1 saturated heterocycles. The third-order valence-electron chi connectivity index (χ3n) is 4.00. The highest BCUT2D eigenvalue weighted by Crippen LogP contribution is 2.27. The van der Waals surface area contributed by atoms with Crippen LogP contribution in [0.4, 0.5) is 5.69 Å². The maximum absolute atomic E-state index is 12.5. The van der Waals surface area contributed by atoms with Gasteiger partial charge in [-0.2, -0.15) is 0 Å². The molecule has 1 aliphatic rings. The largest absolute Gasteiger partial charge is 0.337 e. The van der Waals surface area contributed by atoms with Crippen LogP contribution in [-0.2, 0) is 4.79 Å². The van der Waals surface area contributed by atoms with E-state index >= 15 is 0 Å². The van der Waals surface area contributed by atoms with Crippen molar-refractivity contribution in [3.05, 3.63) is 50.6 Å². The summed E-state index contributed by atoms with van der Waals surface area (Å²) in [5.41, 5.74) is 0.535. The second-order valence-electron chi connectivity index (χ2n) is 5.68. The standard InChI is InChI=1S/C17H16Cl2N2O2S/c18-12-5-6-14(13(19)9-12)20-16(22)11-3-1-7-21(10-11)17(23)15-4-2-8-24-15/h2,4-6,8-9,11H,1,3,7,10H2,(H,20,22). The fourth-order valence-corrected chi connectivity index (χ4v) is 3.90. The number of anilines is 1. The minimum Gasteiger partial charge on any atom is -0.337 e. The molecule has 2 aromatic rings. The summed E-state index contributed by atoms with van der Waals surface area (Å²) in [6, 6.07) is 8.61. The van der Waals surface area contributed by atoms with Gasteiger partial charge in [0, 0.05) is 18.1 Å². The molecule has 2 amide bonds. The Bertz CT molecular complexity index is 749. The highest BCUT2D eigenvalue weighted by Gasteiger charge is 2.29. The van der Waals surface area contributed by atoms with E-state index in [2.05, 4.69) is 5.32 Å². The van der Waals surface area contributed by atoms with Crippen molar-refractivity contribution in [3.8, 4) is 0 Å². The lowest BCUT2D eigenvalue weighted by atomic mass is 9.97. The van der Waals surface area contributed by atoms with Crippen molar-refractivity contribution in [2.45, 2.75) is 12.8 Å². The molecule has 1 fully saturated rings. The molecular weight excluding hydrogens is 367 g/mol. The van der Waals surface area contributed by atoms with Crippen LogP contribution in [0.15, 0.2) is 35.7 Å². The molecule has 1 aromatic carbocycles. The fraction of sp³-hybridized carbons (Fsp3) is 0.294. The van der Waals surface area contributed by atoms with Crippen LogP contribution in [0.1, 0.15) is 22.5 Å². The Labute approximate surface area is 154 Å². The van der Waals surface area contributed by atoms with Gasteiger partial charge in [0.2, 0.25) is 5.91 Å².